The van der Waals surface area contributed by atoms with E-state index in [-0.39, 0.29) is 12.0 Å². The fourth-order valence-electron chi connectivity index (χ4n) is 1.16. The SMILES string of the molecule is CC1(CNCC(O)C(N)=O)COC1. The zero-order chi connectivity index (χ0) is 9.90. The van der Waals surface area contributed by atoms with Gasteiger partial charge in [0, 0.05) is 18.5 Å². The number of nitrogens with one attached hydrogen (secondary N) is 1. The summed E-state index contributed by atoms with van der Waals surface area (Å²) < 4.78 is 5.05. The van der Waals surface area contributed by atoms with Crippen molar-refractivity contribution >= 4 is 5.91 Å². The molecule has 0 spiro atoms. The summed E-state index contributed by atoms with van der Waals surface area (Å²) in [5, 5.41) is 12.0. The van der Waals surface area contributed by atoms with Crippen LogP contribution in [-0.4, -0.2) is 43.4 Å². The van der Waals surface area contributed by atoms with Gasteiger partial charge in [0.05, 0.1) is 13.2 Å². The second kappa shape index (κ2) is 4.04. The number of aliphatic hydroxyl groups excluding tert-OH is 1. The van der Waals surface area contributed by atoms with Gasteiger partial charge in [0.25, 0.3) is 0 Å². The molecular formula is C8H16N2O3. The standard InChI is InChI=1S/C8H16N2O3/c1-8(4-13-5-8)3-10-2-6(11)7(9)12/h6,10-11H,2-5H2,1H3,(H2,9,12). The summed E-state index contributed by atoms with van der Waals surface area (Å²) in [5.41, 5.74) is 5.03. The van der Waals surface area contributed by atoms with Gasteiger partial charge in [0.15, 0.2) is 0 Å². The lowest BCUT2D eigenvalue weighted by atomic mass is 9.89. The van der Waals surface area contributed by atoms with Crippen LogP contribution in [0.2, 0.25) is 0 Å². The van der Waals surface area contributed by atoms with Gasteiger partial charge in [-0.2, -0.15) is 0 Å². The highest BCUT2D eigenvalue weighted by Crippen LogP contribution is 2.24. The predicted molar refractivity (Wildman–Crippen MR) is 47.0 cm³/mol. The average molecular weight is 188 g/mol. The Labute approximate surface area is 77.2 Å². The van der Waals surface area contributed by atoms with Crippen molar-refractivity contribution in [2.75, 3.05) is 26.3 Å². The van der Waals surface area contributed by atoms with Gasteiger partial charge >= 0.3 is 0 Å². The van der Waals surface area contributed by atoms with Crippen LogP contribution in [0.3, 0.4) is 0 Å². The molecule has 1 aliphatic rings. The lowest BCUT2D eigenvalue weighted by Gasteiger charge is -2.38. The second-order valence-electron chi connectivity index (χ2n) is 3.85. The largest absolute Gasteiger partial charge is 0.382 e. The van der Waals surface area contributed by atoms with Crippen LogP contribution in [-0.2, 0) is 9.53 Å². The minimum absolute atomic E-state index is 0.150. The molecule has 0 radical (unpaired) electrons. The molecule has 0 aromatic carbocycles. The van der Waals surface area contributed by atoms with Gasteiger partial charge in [-0.15, -0.1) is 0 Å². The lowest BCUT2D eigenvalue weighted by Crippen LogP contribution is -2.49. The van der Waals surface area contributed by atoms with Gasteiger partial charge in [-0.05, 0) is 0 Å². The molecule has 1 rings (SSSR count). The Bertz CT molecular complexity index is 192. The van der Waals surface area contributed by atoms with Gasteiger partial charge in [-0.1, -0.05) is 6.92 Å². The summed E-state index contributed by atoms with van der Waals surface area (Å²) in [4.78, 5) is 10.4. The van der Waals surface area contributed by atoms with Crippen molar-refractivity contribution in [3.05, 3.63) is 0 Å². The van der Waals surface area contributed by atoms with E-state index in [0.29, 0.717) is 0 Å². The van der Waals surface area contributed by atoms with E-state index in [0.717, 1.165) is 19.8 Å². The number of nitrogens with two attached hydrogens (primary N) is 1. The molecule has 1 unspecified atom stereocenters. The lowest BCUT2D eigenvalue weighted by molar-refractivity contribution is -0.126. The number of carbonyl (C=O) groups is 1. The third-order valence-electron chi connectivity index (χ3n) is 2.12. The highest BCUT2D eigenvalue weighted by molar-refractivity contribution is 5.78. The van der Waals surface area contributed by atoms with Gasteiger partial charge in [0.1, 0.15) is 6.10 Å². The minimum Gasteiger partial charge on any atom is -0.382 e. The molecule has 13 heavy (non-hydrogen) atoms. The third-order valence-corrected chi connectivity index (χ3v) is 2.12. The summed E-state index contributed by atoms with van der Waals surface area (Å²) in [6.45, 7) is 4.49. The summed E-state index contributed by atoms with van der Waals surface area (Å²) >= 11 is 0. The molecule has 1 atom stereocenters. The zero-order valence-corrected chi connectivity index (χ0v) is 7.75. The first-order chi connectivity index (χ1) is 6.03. The van der Waals surface area contributed by atoms with E-state index in [9.17, 15) is 4.79 Å². The minimum atomic E-state index is -1.09. The first-order valence-electron chi connectivity index (χ1n) is 4.29. The van der Waals surface area contributed by atoms with Crippen molar-refractivity contribution in [2.24, 2.45) is 11.1 Å². The molecule has 5 heteroatoms. The number of primary amides is 1. The van der Waals surface area contributed by atoms with E-state index in [1.54, 1.807) is 0 Å². The Balaban J connectivity index is 2.10. The molecule has 0 bridgehead atoms. The Hall–Kier alpha value is -0.650. The quantitative estimate of drug-likeness (QED) is 0.488. The Morgan fingerprint density at radius 1 is 1.77 bits per heavy atom. The number of amides is 1. The predicted octanol–water partition coefficient (Wildman–Crippen LogP) is -1.54. The van der Waals surface area contributed by atoms with Gasteiger partial charge in [-0.3, -0.25) is 4.79 Å². The van der Waals surface area contributed by atoms with Gasteiger partial charge in [0.2, 0.25) is 5.91 Å². The maximum absolute atomic E-state index is 10.4. The van der Waals surface area contributed by atoms with Crippen LogP contribution in [0.1, 0.15) is 6.92 Å². The molecule has 1 saturated heterocycles. The van der Waals surface area contributed by atoms with Crippen LogP contribution in [0.4, 0.5) is 0 Å². The molecule has 76 valence electrons. The number of rotatable bonds is 5. The number of hydrogen-bond donors (Lipinski definition) is 3. The molecule has 1 aliphatic heterocycles. The molecule has 1 heterocycles. The van der Waals surface area contributed by atoms with E-state index in [4.69, 9.17) is 15.6 Å². The Morgan fingerprint density at radius 3 is 2.77 bits per heavy atom. The van der Waals surface area contributed by atoms with Crippen molar-refractivity contribution in [3.8, 4) is 0 Å². The van der Waals surface area contributed by atoms with Crippen LogP contribution < -0.4 is 11.1 Å². The monoisotopic (exact) mass is 188 g/mol. The maximum Gasteiger partial charge on any atom is 0.247 e. The second-order valence-corrected chi connectivity index (χ2v) is 3.85. The van der Waals surface area contributed by atoms with Crippen LogP contribution in [0.25, 0.3) is 0 Å². The number of aliphatic hydroxyl groups is 1. The summed E-state index contributed by atoms with van der Waals surface area (Å²) in [6.07, 6.45) is -1.09. The molecule has 4 N–H and O–H groups in total. The molecule has 1 fully saturated rings. The van der Waals surface area contributed by atoms with Crippen molar-refractivity contribution in [1.82, 2.24) is 5.32 Å². The summed E-state index contributed by atoms with van der Waals surface area (Å²) in [5.74, 6) is -0.692. The van der Waals surface area contributed by atoms with Crippen molar-refractivity contribution < 1.29 is 14.6 Å². The Morgan fingerprint density at radius 2 is 2.38 bits per heavy atom. The molecule has 0 saturated carbocycles. The van der Waals surface area contributed by atoms with Gasteiger partial charge < -0.3 is 20.9 Å². The van der Waals surface area contributed by atoms with Crippen LogP contribution in [0, 0.1) is 5.41 Å². The molecule has 0 aromatic rings. The highest BCUT2D eigenvalue weighted by Gasteiger charge is 2.32. The number of ether oxygens (including phenoxy) is 1. The van der Waals surface area contributed by atoms with E-state index < -0.39 is 12.0 Å². The third kappa shape index (κ3) is 2.95. The molecule has 5 nitrogen and oxygen atoms in total. The van der Waals surface area contributed by atoms with E-state index in [2.05, 4.69) is 12.2 Å². The van der Waals surface area contributed by atoms with Crippen LogP contribution in [0.5, 0.6) is 0 Å². The van der Waals surface area contributed by atoms with Crippen molar-refractivity contribution in [2.45, 2.75) is 13.0 Å². The molecule has 1 amide bonds. The maximum atomic E-state index is 10.4. The molecule has 0 aromatic heterocycles. The van der Waals surface area contributed by atoms with Gasteiger partial charge in [-0.25, -0.2) is 0 Å². The topological polar surface area (TPSA) is 84.6 Å². The summed E-state index contributed by atoms with van der Waals surface area (Å²) in [7, 11) is 0. The first-order valence-corrected chi connectivity index (χ1v) is 4.29. The molecular weight excluding hydrogens is 172 g/mol. The number of hydrogen-bond acceptors (Lipinski definition) is 4. The number of carbonyl (C=O) groups excluding carboxylic acids is 1. The summed E-state index contributed by atoms with van der Waals surface area (Å²) in [6, 6.07) is 0. The fourth-order valence-corrected chi connectivity index (χ4v) is 1.16. The first kappa shape index (κ1) is 10.4. The fraction of sp³-hybridized carbons (Fsp3) is 0.875. The van der Waals surface area contributed by atoms with Crippen molar-refractivity contribution in [3.63, 3.8) is 0 Å². The normalized spacial score (nSPS) is 22.0. The van der Waals surface area contributed by atoms with Crippen molar-refractivity contribution in [1.29, 1.82) is 0 Å². The van der Waals surface area contributed by atoms with E-state index in [1.165, 1.54) is 0 Å². The van der Waals surface area contributed by atoms with E-state index >= 15 is 0 Å². The Kier molecular flexibility index (Phi) is 3.24. The smallest absolute Gasteiger partial charge is 0.247 e. The highest BCUT2D eigenvalue weighted by atomic mass is 16.5. The van der Waals surface area contributed by atoms with Crippen LogP contribution >= 0.6 is 0 Å². The zero-order valence-electron chi connectivity index (χ0n) is 7.75. The molecule has 0 aliphatic carbocycles. The average Bonchev–Trinajstić information content (AvgIpc) is 2.01. The van der Waals surface area contributed by atoms with E-state index in [1.807, 2.05) is 0 Å². The van der Waals surface area contributed by atoms with Crippen LogP contribution in [0.15, 0.2) is 0 Å².